The lowest BCUT2D eigenvalue weighted by molar-refractivity contribution is -0.137. The van der Waals surface area contributed by atoms with Gasteiger partial charge in [-0.2, -0.15) is 0 Å². The van der Waals surface area contributed by atoms with E-state index >= 15 is 0 Å². The molecule has 0 saturated heterocycles. The van der Waals surface area contributed by atoms with Crippen molar-refractivity contribution in [3.05, 3.63) is 34.9 Å². The molecule has 0 spiro atoms. The van der Waals surface area contributed by atoms with Gasteiger partial charge in [-0.1, -0.05) is 13.8 Å². The molecule has 28 heavy (non-hydrogen) atoms. The number of rotatable bonds is 9. The van der Waals surface area contributed by atoms with Crippen molar-refractivity contribution in [1.82, 2.24) is 4.90 Å². The second-order valence-corrected chi connectivity index (χ2v) is 7.72. The number of methoxy groups -OCH3 is 2. The number of carbonyl (C=O) groups is 3. The van der Waals surface area contributed by atoms with Crippen LogP contribution < -0.4 is 9.47 Å². The highest BCUT2D eigenvalue weighted by atomic mass is 32.2. The van der Waals surface area contributed by atoms with Crippen molar-refractivity contribution in [3.8, 4) is 11.5 Å². The van der Waals surface area contributed by atoms with Gasteiger partial charge in [0, 0.05) is 23.8 Å². The number of carboxylic acids is 1. The molecule has 0 bridgehead atoms. The van der Waals surface area contributed by atoms with Crippen LogP contribution in [0.4, 0.5) is 0 Å². The summed E-state index contributed by atoms with van der Waals surface area (Å²) < 4.78 is 10.5. The topological polar surface area (TPSA) is 93.1 Å². The average molecular weight is 407 g/mol. The van der Waals surface area contributed by atoms with E-state index in [0.29, 0.717) is 18.0 Å². The summed E-state index contributed by atoms with van der Waals surface area (Å²) in [6.07, 6.45) is 1.30. The molecule has 1 N–H and O–H groups in total. The third-order valence-electron chi connectivity index (χ3n) is 4.39. The number of ether oxygens (including phenoxy) is 2. The fourth-order valence-corrected chi connectivity index (χ4v) is 4.14. The second-order valence-electron chi connectivity index (χ2n) is 6.80. The van der Waals surface area contributed by atoms with Crippen LogP contribution in [0.3, 0.4) is 0 Å². The average Bonchev–Trinajstić information content (AvgIpc) is 2.91. The van der Waals surface area contributed by atoms with Crippen LogP contribution in [0.15, 0.2) is 29.3 Å². The number of aliphatic carboxylic acids is 1. The van der Waals surface area contributed by atoms with Crippen LogP contribution in [0, 0.1) is 5.92 Å². The van der Waals surface area contributed by atoms with Gasteiger partial charge < -0.3 is 19.5 Å². The first-order chi connectivity index (χ1) is 13.2. The van der Waals surface area contributed by atoms with Gasteiger partial charge >= 0.3 is 5.97 Å². The summed E-state index contributed by atoms with van der Waals surface area (Å²) >= 11 is 1.34. The van der Waals surface area contributed by atoms with Gasteiger partial charge in [-0.3, -0.25) is 14.4 Å². The zero-order valence-corrected chi connectivity index (χ0v) is 17.5. The van der Waals surface area contributed by atoms with E-state index in [4.69, 9.17) is 9.47 Å². The van der Waals surface area contributed by atoms with E-state index in [0.717, 1.165) is 0 Å². The molecule has 0 fully saturated rings. The van der Waals surface area contributed by atoms with Crippen LogP contribution in [0.25, 0.3) is 0 Å². The Labute approximate surface area is 168 Å². The quantitative estimate of drug-likeness (QED) is 0.629. The predicted octanol–water partition coefficient (Wildman–Crippen LogP) is 2.85. The summed E-state index contributed by atoms with van der Waals surface area (Å²) in [5.41, 5.74) is 0.513. The molecular weight excluding hydrogens is 382 g/mol. The zero-order chi connectivity index (χ0) is 21.0. The standard InChI is InChI=1S/C20H25NO6S/c1-11(2)10-21-19(25)14(9-16(22)23)17(20(21)28-5)18(24)13-7-6-12(26-3)8-15(13)27-4/h6-8,11,20H,9-10H2,1-5H3,(H,22,23)/t20-/m0/s1. The van der Waals surface area contributed by atoms with Crippen molar-refractivity contribution in [3.63, 3.8) is 0 Å². The number of hydrogen-bond donors (Lipinski definition) is 1. The Balaban J connectivity index is 2.59. The fraction of sp³-hybridized carbons (Fsp3) is 0.450. The molecule has 8 heteroatoms. The number of carboxylic acid groups (broad SMARTS) is 1. The molecule has 1 amide bonds. The predicted molar refractivity (Wildman–Crippen MR) is 107 cm³/mol. The first kappa shape index (κ1) is 21.8. The number of hydrogen-bond acceptors (Lipinski definition) is 6. The van der Waals surface area contributed by atoms with Crippen molar-refractivity contribution in [2.24, 2.45) is 5.92 Å². The van der Waals surface area contributed by atoms with Crippen LogP contribution in [-0.4, -0.2) is 60.1 Å². The minimum atomic E-state index is -1.15. The maximum atomic E-state index is 13.4. The van der Waals surface area contributed by atoms with Gasteiger partial charge in [0.25, 0.3) is 5.91 Å². The van der Waals surface area contributed by atoms with Crippen molar-refractivity contribution >= 4 is 29.4 Å². The van der Waals surface area contributed by atoms with E-state index in [1.807, 2.05) is 13.8 Å². The maximum absolute atomic E-state index is 13.4. The highest BCUT2D eigenvalue weighted by molar-refractivity contribution is 7.99. The van der Waals surface area contributed by atoms with Crippen LogP contribution in [0.2, 0.25) is 0 Å². The van der Waals surface area contributed by atoms with Crippen LogP contribution in [-0.2, 0) is 9.59 Å². The molecule has 1 aliphatic heterocycles. The van der Waals surface area contributed by atoms with Crippen molar-refractivity contribution < 1.29 is 29.0 Å². The Morgan fingerprint density at radius 2 is 1.93 bits per heavy atom. The third kappa shape index (κ3) is 4.32. The molecule has 0 unspecified atom stereocenters. The summed E-state index contributed by atoms with van der Waals surface area (Å²) in [5, 5.41) is 8.76. The number of carbonyl (C=O) groups excluding carboxylic acids is 2. The Morgan fingerprint density at radius 3 is 2.43 bits per heavy atom. The van der Waals surface area contributed by atoms with Gasteiger partial charge in [-0.15, -0.1) is 11.8 Å². The number of benzene rings is 1. The zero-order valence-electron chi connectivity index (χ0n) is 16.6. The molecule has 0 saturated carbocycles. The van der Waals surface area contributed by atoms with E-state index in [1.54, 1.807) is 29.4 Å². The molecule has 152 valence electrons. The van der Waals surface area contributed by atoms with Crippen LogP contribution in [0.1, 0.15) is 30.6 Å². The number of amides is 1. The molecule has 0 aliphatic carbocycles. The molecule has 1 atom stereocenters. The number of thioether (sulfide) groups is 1. The summed E-state index contributed by atoms with van der Waals surface area (Å²) in [7, 11) is 2.95. The lowest BCUT2D eigenvalue weighted by Gasteiger charge is -2.27. The smallest absolute Gasteiger partial charge is 0.308 e. The van der Waals surface area contributed by atoms with Crippen molar-refractivity contribution in [2.75, 3.05) is 27.0 Å². The van der Waals surface area contributed by atoms with Gasteiger partial charge in [0.2, 0.25) is 0 Å². The molecule has 2 rings (SSSR count). The molecule has 1 aliphatic rings. The maximum Gasteiger partial charge on any atom is 0.308 e. The normalized spacial score (nSPS) is 16.7. The fourth-order valence-electron chi connectivity index (χ4n) is 3.22. The summed E-state index contributed by atoms with van der Waals surface area (Å²) in [6.45, 7) is 4.37. The van der Waals surface area contributed by atoms with E-state index < -0.39 is 29.5 Å². The lowest BCUT2D eigenvalue weighted by atomic mass is 9.97. The van der Waals surface area contributed by atoms with Gasteiger partial charge in [0.15, 0.2) is 5.78 Å². The van der Waals surface area contributed by atoms with Crippen LogP contribution in [0.5, 0.6) is 11.5 Å². The second kappa shape index (κ2) is 9.14. The molecule has 7 nitrogen and oxygen atoms in total. The minimum absolute atomic E-state index is 0.0374. The molecular formula is C20H25NO6S. The molecule has 0 radical (unpaired) electrons. The Kier molecular flexibility index (Phi) is 7.12. The SMILES string of the molecule is COc1ccc(C(=O)C2=C(CC(=O)O)C(=O)N(CC(C)C)[C@H]2SC)c(OC)c1. The lowest BCUT2D eigenvalue weighted by Crippen LogP contribution is -2.37. The highest BCUT2D eigenvalue weighted by Crippen LogP contribution is 2.38. The first-order valence-electron chi connectivity index (χ1n) is 8.80. The molecule has 1 heterocycles. The van der Waals surface area contributed by atoms with Crippen molar-refractivity contribution in [2.45, 2.75) is 25.6 Å². The van der Waals surface area contributed by atoms with Gasteiger partial charge in [-0.05, 0) is 24.3 Å². The summed E-state index contributed by atoms with van der Waals surface area (Å²) in [6, 6.07) is 4.78. The van der Waals surface area contributed by atoms with Crippen LogP contribution >= 0.6 is 11.8 Å². The highest BCUT2D eigenvalue weighted by Gasteiger charge is 2.43. The van der Waals surface area contributed by atoms with E-state index in [-0.39, 0.29) is 22.6 Å². The third-order valence-corrected chi connectivity index (χ3v) is 5.32. The van der Waals surface area contributed by atoms with E-state index in [2.05, 4.69) is 0 Å². The van der Waals surface area contributed by atoms with E-state index in [1.165, 1.54) is 26.0 Å². The Bertz CT molecular complexity index is 817. The largest absolute Gasteiger partial charge is 0.497 e. The first-order valence-corrected chi connectivity index (χ1v) is 10.1. The Morgan fingerprint density at radius 1 is 1.25 bits per heavy atom. The van der Waals surface area contributed by atoms with Gasteiger partial charge in [0.1, 0.15) is 16.9 Å². The summed E-state index contributed by atoms with van der Waals surface area (Å²) in [4.78, 5) is 39.3. The number of ketones is 1. The van der Waals surface area contributed by atoms with Gasteiger partial charge in [0.05, 0.1) is 26.2 Å². The van der Waals surface area contributed by atoms with Crippen molar-refractivity contribution in [1.29, 1.82) is 0 Å². The van der Waals surface area contributed by atoms with E-state index in [9.17, 15) is 19.5 Å². The van der Waals surface area contributed by atoms with Gasteiger partial charge in [-0.25, -0.2) is 0 Å². The minimum Gasteiger partial charge on any atom is -0.497 e. The summed E-state index contributed by atoms with van der Waals surface area (Å²) in [5.74, 6) is -0.947. The molecule has 0 aromatic heterocycles. The number of Topliss-reactive ketones (excluding diaryl/α,β-unsaturated/α-hetero) is 1. The Hall–Kier alpha value is -2.48. The molecule has 1 aromatic rings. The number of nitrogens with zero attached hydrogens (tertiary/aromatic N) is 1. The monoisotopic (exact) mass is 407 g/mol. The molecule has 1 aromatic carbocycles.